The van der Waals surface area contributed by atoms with Crippen LogP contribution in [-0.2, 0) is 4.79 Å². The van der Waals surface area contributed by atoms with Gasteiger partial charge in [0.2, 0.25) is 0 Å². The van der Waals surface area contributed by atoms with E-state index < -0.39 is 0 Å². The van der Waals surface area contributed by atoms with E-state index in [1.807, 2.05) is 19.1 Å². The van der Waals surface area contributed by atoms with Crippen molar-refractivity contribution in [3.05, 3.63) is 33.8 Å². The molecule has 0 heterocycles. The summed E-state index contributed by atoms with van der Waals surface area (Å²) < 4.78 is 0. The minimum Gasteiger partial charge on any atom is -0.299 e. The van der Waals surface area contributed by atoms with Crippen LogP contribution in [0.3, 0.4) is 0 Å². The third kappa shape index (κ3) is 2.04. The lowest BCUT2D eigenvalue weighted by Crippen LogP contribution is -2.08. The third-order valence-electron chi connectivity index (χ3n) is 3.18. The fourth-order valence-electron chi connectivity index (χ4n) is 2.20. The van der Waals surface area contributed by atoms with Gasteiger partial charge in [0.1, 0.15) is 5.78 Å². The van der Waals surface area contributed by atoms with Gasteiger partial charge in [-0.05, 0) is 30.0 Å². The molecule has 0 radical (unpaired) electrons. The van der Waals surface area contributed by atoms with E-state index in [1.54, 1.807) is 6.07 Å². The van der Waals surface area contributed by atoms with E-state index in [0.29, 0.717) is 28.2 Å². The summed E-state index contributed by atoms with van der Waals surface area (Å²) in [5.41, 5.74) is 1.13. The molecule has 0 amide bonds. The average molecular weight is 243 g/mol. The lowest BCUT2D eigenvalue weighted by Gasteiger charge is -2.14. The maximum Gasteiger partial charge on any atom is 0.136 e. The SMILES string of the molecule is CC1C(=O)CCC1c1ccc(Cl)c(Cl)c1. The molecule has 0 saturated heterocycles. The number of ketones is 1. The van der Waals surface area contributed by atoms with E-state index in [1.165, 1.54) is 0 Å². The number of rotatable bonds is 1. The van der Waals surface area contributed by atoms with E-state index in [0.717, 1.165) is 12.0 Å². The summed E-state index contributed by atoms with van der Waals surface area (Å²) in [5.74, 6) is 0.778. The maximum atomic E-state index is 11.5. The van der Waals surface area contributed by atoms with E-state index in [2.05, 4.69) is 0 Å². The topological polar surface area (TPSA) is 17.1 Å². The number of carbonyl (C=O) groups is 1. The number of halogens is 2. The molecule has 2 rings (SSSR count). The summed E-state index contributed by atoms with van der Waals surface area (Å²) >= 11 is 11.8. The highest BCUT2D eigenvalue weighted by Gasteiger charge is 2.31. The summed E-state index contributed by atoms with van der Waals surface area (Å²) in [6.07, 6.45) is 1.62. The molecule has 1 fully saturated rings. The van der Waals surface area contributed by atoms with Gasteiger partial charge in [0.15, 0.2) is 0 Å². The Hall–Kier alpha value is -0.530. The zero-order valence-electron chi connectivity index (χ0n) is 8.47. The molecule has 1 aromatic carbocycles. The van der Waals surface area contributed by atoms with Gasteiger partial charge in [-0.2, -0.15) is 0 Å². The van der Waals surface area contributed by atoms with Crippen LogP contribution in [0.15, 0.2) is 18.2 Å². The number of hydrogen-bond donors (Lipinski definition) is 0. The molecule has 15 heavy (non-hydrogen) atoms. The van der Waals surface area contributed by atoms with Gasteiger partial charge in [-0.3, -0.25) is 4.79 Å². The lowest BCUT2D eigenvalue weighted by atomic mass is 9.90. The summed E-state index contributed by atoms with van der Waals surface area (Å²) in [4.78, 5) is 11.5. The van der Waals surface area contributed by atoms with Crippen molar-refractivity contribution in [1.82, 2.24) is 0 Å². The van der Waals surface area contributed by atoms with Crippen molar-refractivity contribution in [1.29, 1.82) is 0 Å². The average Bonchev–Trinajstić information content (AvgIpc) is 2.53. The molecule has 0 bridgehead atoms. The van der Waals surface area contributed by atoms with Crippen molar-refractivity contribution in [3.63, 3.8) is 0 Å². The van der Waals surface area contributed by atoms with Crippen molar-refractivity contribution in [2.45, 2.75) is 25.7 Å². The van der Waals surface area contributed by atoms with Crippen molar-refractivity contribution >= 4 is 29.0 Å². The van der Waals surface area contributed by atoms with Gasteiger partial charge >= 0.3 is 0 Å². The molecule has 2 atom stereocenters. The highest BCUT2D eigenvalue weighted by Crippen LogP contribution is 2.38. The normalized spacial score (nSPS) is 25.9. The molecular formula is C12H12Cl2O. The van der Waals surface area contributed by atoms with Crippen molar-refractivity contribution in [2.24, 2.45) is 5.92 Å². The Labute approximate surface area is 99.4 Å². The molecule has 80 valence electrons. The van der Waals surface area contributed by atoms with Gasteiger partial charge in [-0.1, -0.05) is 36.2 Å². The lowest BCUT2D eigenvalue weighted by molar-refractivity contribution is -0.120. The van der Waals surface area contributed by atoms with Gasteiger partial charge in [0.25, 0.3) is 0 Å². The van der Waals surface area contributed by atoms with Crippen LogP contribution in [0.2, 0.25) is 10.0 Å². The Bertz CT molecular complexity index is 401. The number of hydrogen-bond acceptors (Lipinski definition) is 1. The molecule has 3 heteroatoms. The first kappa shape index (κ1) is 11.0. The van der Waals surface area contributed by atoms with Crippen molar-refractivity contribution < 1.29 is 4.79 Å². The van der Waals surface area contributed by atoms with E-state index in [-0.39, 0.29) is 5.92 Å². The Balaban J connectivity index is 2.30. The first-order chi connectivity index (χ1) is 7.09. The van der Waals surface area contributed by atoms with Crippen LogP contribution in [0.25, 0.3) is 0 Å². The van der Waals surface area contributed by atoms with Gasteiger partial charge in [0.05, 0.1) is 10.0 Å². The predicted molar refractivity (Wildman–Crippen MR) is 62.6 cm³/mol. The molecule has 2 unspecified atom stereocenters. The first-order valence-electron chi connectivity index (χ1n) is 5.07. The van der Waals surface area contributed by atoms with Crippen LogP contribution in [0.4, 0.5) is 0 Å². The number of Topliss-reactive ketones (excluding diaryl/α,β-unsaturated/α-hetero) is 1. The highest BCUT2D eigenvalue weighted by atomic mass is 35.5. The first-order valence-corrected chi connectivity index (χ1v) is 5.83. The van der Waals surface area contributed by atoms with Gasteiger partial charge in [-0.15, -0.1) is 0 Å². The Morgan fingerprint density at radius 2 is 2.00 bits per heavy atom. The van der Waals surface area contributed by atoms with Crippen LogP contribution in [0.5, 0.6) is 0 Å². The molecule has 1 aliphatic carbocycles. The zero-order chi connectivity index (χ0) is 11.0. The second-order valence-corrected chi connectivity index (χ2v) is 4.89. The Morgan fingerprint density at radius 1 is 1.27 bits per heavy atom. The van der Waals surface area contributed by atoms with E-state index in [9.17, 15) is 4.79 Å². The minimum atomic E-state index is 0.113. The van der Waals surface area contributed by atoms with Gasteiger partial charge in [0, 0.05) is 12.3 Å². The minimum absolute atomic E-state index is 0.113. The zero-order valence-corrected chi connectivity index (χ0v) is 9.98. The maximum absolute atomic E-state index is 11.5. The number of carbonyl (C=O) groups excluding carboxylic acids is 1. The van der Waals surface area contributed by atoms with Crippen LogP contribution in [-0.4, -0.2) is 5.78 Å². The molecule has 0 spiro atoms. The second-order valence-electron chi connectivity index (χ2n) is 4.07. The molecule has 1 aromatic rings. The van der Waals surface area contributed by atoms with Crippen molar-refractivity contribution in [3.8, 4) is 0 Å². The van der Waals surface area contributed by atoms with Gasteiger partial charge in [-0.25, -0.2) is 0 Å². The third-order valence-corrected chi connectivity index (χ3v) is 3.92. The summed E-state index contributed by atoms with van der Waals surface area (Å²) in [7, 11) is 0. The largest absolute Gasteiger partial charge is 0.299 e. The Kier molecular flexibility index (Phi) is 3.03. The molecule has 0 aromatic heterocycles. The fraction of sp³-hybridized carbons (Fsp3) is 0.417. The van der Waals surface area contributed by atoms with Crippen LogP contribution in [0, 0.1) is 5.92 Å². The number of benzene rings is 1. The molecule has 0 aliphatic heterocycles. The standard InChI is InChI=1S/C12H12Cl2O/c1-7-9(3-5-12(7)15)8-2-4-10(13)11(14)6-8/h2,4,6-7,9H,3,5H2,1H3. The molecule has 0 N–H and O–H groups in total. The molecular weight excluding hydrogens is 231 g/mol. The van der Waals surface area contributed by atoms with Crippen LogP contribution in [0.1, 0.15) is 31.2 Å². The van der Waals surface area contributed by atoms with E-state index in [4.69, 9.17) is 23.2 Å². The monoisotopic (exact) mass is 242 g/mol. The summed E-state index contributed by atoms with van der Waals surface area (Å²) in [6, 6.07) is 5.65. The van der Waals surface area contributed by atoms with Crippen LogP contribution >= 0.6 is 23.2 Å². The predicted octanol–water partition coefficient (Wildman–Crippen LogP) is 4.08. The second kappa shape index (κ2) is 4.15. The summed E-state index contributed by atoms with van der Waals surface area (Å²) in [5, 5.41) is 1.14. The quantitative estimate of drug-likeness (QED) is 0.726. The Morgan fingerprint density at radius 3 is 2.53 bits per heavy atom. The molecule has 1 aliphatic rings. The van der Waals surface area contributed by atoms with Crippen molar-refractivity contribution in [2.75, 3.05) is 0 Å². The smallest absolute Gasteiger partial charge is 0.136 e. The summed E-state index contributed by atoms with van der Waals surface area (Å²) in [6.45, 7) is 1.99. The van der Waals surface area contributed by atoms with Gasteiger partial charge < -0.3 is 0 Å². The van der Waals surface area contributed by atoms with E-state index >= 15 is 0 Å². The fourth-order valence-corrected chi connectivity index (χ4v) is 2.50. The molecule has 1 nitrogen and oxygen atoms in total. The highest BCUT2D eigenvalue weighted by molar-refractivity contribution is 6.42. The molecule has 1 saturated carbocycles. The van der Waals surface area contributed by atoms with Crippen LogP contribution < -0.4 is 0 Å².